The Balaban J connectivity index is 0.00000306. The number of nitrogens with zero attached hydrogens (tertiary/aromatic N) is 2. The van der Waals surface area contributed by atoms with Crippen LogP contribution in [0.2, 0.25) is 0 Å². The molecular weight excluding hydrogens is 591 g/mol. The maximum absolute atomic E-state index is 10.2. The summed E-state index contributed by atoms with van der Waals surface area (Å²) < 4.78 is 0. The van der Waals surface area contributed by atoms with Gasteiger partial charge in [-0.05, 0) is 35.4 Å². The van der Waals surface area contributed by atoms with E-state index in [1.54, 1.807) is 36.7 Å². The van der Waals surface area contributed by atoms with Crippen molar-refractivity contribution in [1.29, 1.82) is 0 Å². The minimum Gasteiger partial charge on any atom is -0.507 e. The molecule has 2 unspecified atom stereocenters. The van der Waals surface area contributed by atoms with Crippen molar-refractivity contribution >= 4 is 12.4 Å². The Labute approximate surface area is 208 Å². The fourth-order valence-corrected chi connectivity index (χ4v) is 3.51. The van der Waals surface area contributed by atoms with Crippen LogP contribution in [0.25, 0.3) is 0 Å². The van der Waals surface area contributed by atoms with Crippen LogP contribution in [0.3, 0.4) is 0 Å². The Hall–Kier alpha value is -3.49. The minimum absolute atomic E-state index is 0. The third-order valence-corrected chi connectivity index (χ3v) is 5.20. The van der Waals surface area contributed by atoms with Gasteiger partial charge in [-0.3, -0.25) is 9.98 Å². The molecule has 0 aliphatic carbocycles. The molecule has 0 saturated carbocycles. The zero-order valence-corrected chi connectivity index (χ0v) is 20.1. The van der Waals surface area contributed by atoms with Crippen LogP contribution >= 0.6 is 0 Å². The largest absolute Gasteiger partial charge is 0.507 e. The molecule has 2 atom stereocenters. The second kappa shape index (κ2) is 11.9. The van der Waals surface area contributed by atoms with E-state index in [4.69, 9.17) is 9.98 Å². The standard InChI is InChI=1S/C28H24N2O2.Pt/c31-25-17-9-7-15-23(25)19-29-27(21-11-3-1-4-12-21)28(22-13-5-2-6-14-22)30-20-24-16-8-10-18-26(24)32;/h1-20,27-28,31-32H;. The molecular formula is C28H24N2O2Pt. The van der Waals surface area contributed by atoms with Crippen LogP contribution in [0.5, 0.6) is 11.5 Å². The van der Waals surface area contributed by atoms with Gasteiger partial charge in [0.2, 0.25) is 0 Å². The number of benzene rings is 4. The van der Waals surface area contributed by atoms with Gasteiger partial charge >= 0.3 is 0 Å². The van der Waals surface area contributed by atoms with Crippen molar-refractivity contribution in [2.45, 2.75) is 12.1 Å². The first-order chi connectivity index (χ1) is 15.7. The van der Waals surface area contributed by atoms with E-state index in [0.717, 1.165) is 11.1 Å². The van der Waals surface area contributed by atoms with Gasteiger partial charge < -0.3 is 10.2 Å². The van der Waals surface area contributed by atoms with E-state index in [9.17, 15) is 10.2 Å². The smallest absolute Gasteiger partial charge is 0.124 e. The molecule has 168 valence electrons. The Kier molecular flexibility index (Phi) is 8.74. The van der Waals surface area contributed by atoms with Gasteiger partial charge in [-0.1, -0.05) is 84.9 Å². The van der Waals surface area contributed by atoms with Crippen LogP contribution < -0.4 is 0 Å². The molecule has 0 bridgehead atoms. The fourth-order valence-electron chi connectivity index (χ4n) is 3.51. The number of phenols is 2. The van der Waals surface area contributed by atoms with E-state index in [2.05, 4.69) is 0 Å². The number of hydrogen-bond donors (Lipinski definition) is 2. The van der Waals surface area contributed by atoms with E-state index in [0.29, 0.717) is 11.1 Å². The van der Waals surface area contributed by atoms with Crippen molar-refractivity contribution in [3.05, 3.63) is 131 Å². The number of aliphatic imine (C=N–C) groups is 2. The Morgan fingerprint density at radius 1 is 0.485 bits per heavy atom. The summed E-state index contributed by atoms with van der Waals surface area (Å²) in [7, 11) is 0. The molecule has 0 heterocycles. The van der Waals surface area contributed by atoms with E-state index in [1.807, 2.05) is 84.9 Å². The molecule has 33 heavy (non-hydrogen) atoms. The zero-order valence-electron chi connectivity index (χ0n) is 17.8. The first kappa shape index (κ1) is 24.2. The minimum atomic E-state index is -0.333. The van der Waals surface area contributed by atoms with Gasteiger partial charge in [0.05, 0.1) is 0 Å². The average molecular weight is 616 g/mol. The second-order valence-corrected chi connectivity index (χ2v) is 7.39. The Bertz CT molecular complexity index is 1110. The molecule has 0 aromatic heterocycles. The third kappa shape index (κ3) is 6.27. The molecule has 5 heteroatoms. The predicted octanol–water partition coefficient (Wildman–Crippen LogP) is 6.12. The van der Waals surface area contributed by atoms with Crippen molar-refractivity contribution in [1.82, 2.24) is 0 Å². The van der Waals surface area contributed by atoms with Gasteiger partial charge in [-0.2, -0.15) is 0 Å². The molecule has 0 radical (unpaired) electrons. The van der Waals surface area contributed by atoms with Gasteiger partial charge in [-0.25, -0.2) is 0 Å². The summed E-state index contributed by atoms with van der Waals surface area (Å²) in [5.74, 6) is 0.356. The summed E-state index contributed by atoms with van der Waals surface area (Å²) in [6.07, 6.45) is 3.39. The van der Waals surface area contributed by atoms with Crippen LogP contribution in [-0.2, 0) is 21.1 Å². The van der Waals surface area contributed by atoms with E-state index >= 15 is 0 Å². The topological polar surface area (TPSA) is 65.2 Å². The van der Waals surface area contributed by atoms with Crippen molar-refractivity contribution in [2.75, 3.05) is 0 Å². The first-order valence-corrected chi connectivity index (χ1v) is 10.4. The maximum Gasteiger partial charge on any atom is 0.124 e. The van der Waals surface area contributed by atoms with E-state index < -0.39 is 0 Å². The molecule has 4 aromatic rings. The zero-order chi connectivity index (χ0) is 22.2. The number of hydrogen-bond acceptors (Lipinski definition) is 4. The van der Waals surface area contributed by atoms with Gasteiger partial charge in [0.25, 0.3) is 0 Å². The van der Waals surface area contributed by atoms with Crippen molar-refractivity contribution in [3.63, 3.8) is 0 Å². The average Bonchev–Trinajstić information content (AvgIpc) is 2.84. The normalized spacial score (nSPS) is 13.0. The Morgan fingerprint density at radius 2 is 0.818 bits per heavy atom. The van der Waals surface area contributed by atoms with Gasteiger partial charge in [0.15, 0.2) is 0 Å². The predicted molar refractivity (Wildman–Crippen MR) is 130 cm³/mol. The molecule has 0 amide bonds. The van der Waals surface area contributed by atoms with Gasteiger partial charge in [-0.15, -0.1) is 0 Å². The van der Waals surface area contributed by atoms with Crippen LogP contribution in [0.1, 0.15) is 34.3 Å². The van der Waals surface area contributed by atoms with Crippen LogP contribution in [0, 0.1) is 0 Å². The summed E-state index contributed by atoms with van der Waals surface area (Å²) in [6, 6.07) is 33.5. The molecule has 0 spiro atoms. The number of rotatable bonds is 7. The molecule has 4 rings (SSSR count). The van der Waals surface area contributed by atoms with Crippen molar-refractivity contribution < 1.29 is 31.3 Å². The maximum atomic E-state index is 10.2. The van der Waals surface area contributed by atoms with Crippen molar-refractivity contribution in [2.24, 2.45) is 9.98 Å². The Morgan fingerprint density at radius 3 is 1.18 bits per heavy atom. The molecule has 4 nitrogen and oxygen atoms in total. The number of para-hydroxylation sites is 2. The third-order valence-electron chi connectivity index (χ3n) is 5.20. The monoisotopic (exact) mass is 615 g/mol. The number of phenolic OH excluding ortho intramolecular Hbond substituents is 2. The summed E-state index contributed by atoms with van der Waals surface area (Å²) in [5, 5.41) is 20.4. The molecule has 0 aliphatic heterocycles. The molecule has 2 N–H and O–H groups in total. The van der Waals surface area contributed by atoms with Crippen LogP contribution in [0.4, 0.5) is 0 Å². The fraction of sp³-hybridized carbons (Fsp3) is 0.0714. The molecule has 0 fully saturated rings. The summed E-state index contributed by atoms with van der Waals surface area (Å²) >= 11 is 0. The van der Waals surface area contributed by atoms with Gasteiger partial charge in [0, 0.05) is 44.6 Å². The summed E-state index contributed by atoms with van der Waals surface area (Å²) in [4.78, 5) is 9.75. The van der Waals surface area contributed by atoms with Crippen LogP contribution in [-0.4, -0.2) is 22.6 Å². The van der Waals surface area contributed by atoms with Crippen molar-refractivity contribution in [3.8, 4) is 11.5 Å². The molecule has 0 saturated heterocycles. The first-order valence-electron chi connectivity index (χ1n) is 10.4. The number of aromatic hydroxyl groups is 2. The SMILES string of the molecule is Oc1ccccc1C=NC(c1ccccc1)C(N=Cc1ccccc1O)c1ccccc1.[Pt]. The second-order valence-electron chi connectivity index (χ2n) is 7.39. The summed E-state index contributed by atoms with van der Waals surface area (Å²) in [5.41, 5.74) is 3.29. The van der Waals surface area contributed by atoms with E-state index in [1.165, 1.54) is 0 Å². The van der Waals surface area contributed by atoms with E-state index in [-0.39, 0.29) is 44.6 Å². The summed E-state index contributed by atoms with van der Waals surface area (Å²) in [6.45, 7) is 0. The molecule has 0 aliphatic rings. The van der Waals surface area contributed by atoms with Gasteiger partial charge in [0.1, 0.15) is 23.6 Å². The van der Waals surface area contributed by atoms with Crippen LogP contribution in [0.15, 0.2) is 119 Å². The quantitative estimate of drug-likeness (QED) is 0.246. The molecule has 4 aromatic carbocycles.